The summed E-state index contributed by atoms with van der Waals surface area (Å²) >= 11 is 0. The van der Waals surface area contributed by atoms with E-state index in [9.17, 15) is 9.59 Å². The lowest BCUT2D eigenvalue weighted by Crippen LogP contribution is -2.41. The number of hydrogen-bond acceptors (Lipinski definition) is 5. The van der Waals surface area contributed by atoms with E-state index in [4.69, 9.17) is 14.2 Å². The number of amides is 2. The highest BCUT2D eigenvalue weighted by molar-refractivity contribution is 5.95. The maximum Gasteiger partial charge on any atom is 0.417 e. The van der Waals surface area contributed by atoms with Gasteiger partial charge < -0.3 is 14.2 Å². The number of cyclic esters (lactones) is 1. The van der Waals surface area contributed by atoms with E-state index in [0.717, 1.165) is 24.0 Å². The maximum atomic E-state index is 13.6. The minimum absolute atomic E-state index is 0.0406. The van der Waals surface area contributed by atoms with Crippen molar-refractivity contribution in [2.24, 2.45) is 11.8 Å². The highest BCUT2D eigenvalue weighted by atomic mass is 16.6. The Morgan fingerprint density at radius 2 is 1.91 bits per heavy atom. The Kier molecular flexibility index (Phi) is 8.14. The Hall–Kier alpha value is -3.02. The van der Waals surface area contributed by atoms with Gasteiger partial charge in [0.05, 0.1) is 13.7 Å². The van der Waals surface area contributed by atoms with E-state index in [1.165, 1.54) is 4.90 Å². The first-order valence-electron chi connectivity index (χ1n) is 11.3. The Morgan fingerprint density at radius 3 is 2.56 bits per heavy atom. The van der Waals surface area contributed by atoms with Crippen LogP contribution in [-0.2, 0) is 16.0 Å². The molecule has 0 radical (unpaired) electrons. The number of carbonyl (C=O) groups is 2. The van der Waals surface area contributed by atoms with Crippen LogP contribution in [-0.4, -0.2) is 37.2 Å². The van der Waals surface area contributed by atoms with Gasteiger partial charge in [-0.3, -0.25) is 4.79 Å². The first-order valence-corrected chi connectivity index (χ1v) is 11.3. The van der Waals surface area contributed by atoms with Gasteiger partial charge in [-0.05, 0) is 42.0 Å². The number of carbonyl (C=O) groups excluding carboxylic acids is 2. The zero-order valence-corrected chi connectivity index (χ0v) is 19.4. The lowest BCUT2D eigenvalue weighted by Gasteiger charge is -2.27. The number of hydrogen-bond donors (Lipinski definition) is 0. The average molecular weight is 440 g/mol. The fourth-order valence-electron chi connectivity index (χ4n) is 3.91. The van der Waals surface area contributed by atoms with Crippen LogP contribution in [0.1, 0.15) is 50.8 Å². The maximum absolute atomic E-state index is 13.6. The van der Waals surface area contributed by atoms with Crippen molar-refractivity contribution in [2.45, 2.75) is 46.1 Å². The van der Waals surface area contributed by atoms with Crippen LogP contribution in [0.15, 0.2) is 48.5 Å². The molecule has 1 aliphatic heterocycles. The first kappa shape index (κ1) is 23.6. The van der Waals surface area contributed by atoms with Crippen molar-refractivity contribution in [1.82, 2.24) is 4.90 Å². The summed E-state index contributed by atoms with van der Waals surface area (Å²) in [4.78, 5) is 27.4. The van der Waals surface area contributed by atoms with Gasteiger partial charge in [0.15, 0.2) is 11.5 Å². The van der Waals surface area contributed by atoms with Crippen molar-refractivity contribution < 1.29 is 23.8 Å². The quantitative estimate of drug-likeness (QED) is 0.463. The SMILES string of the molecule is CCCCOc1cc(CC(C(=O)N2C(=O)OCC2c2ccccc2)C(C)C)ccc1OC. The van der Waals surface area contributed by atoms with E-state index in [1.54, 1.807) is 7.11 Å². The monoisotopic (exact) mass is 439 g/mol. The van der Waals surface area contributed by atoms with Gasteiger partial charge in [-0.25, -0.2) is 9.69 Å². The third-order valence-electron chi connectivity index (χ3n) is 5.86. The van der Waals surface area contributed by atoms with Gasteiger partial charge in [-0.1, -0.05) is 63.6 Å². The van der Waals surface area contributed by atoms with Gasteiger partial charge in [0.2, 0.25) is 5.91 Å². The van der Waals surface area contributed by atoms with Crippen LogP contribution in [0.3, 0.4) is 0 Å². The van der Waals surface area contributed by atoms with Crippen molar-refractivity contribution in [3.63, 3.8) is 0 Å². The predicted octanol–water partition coefficient (Wildman–Crippen LogP) is 5.41. The summed E-state index contributed by atoms with van der Waals surface area (Å²) in [5, 5.41) is 0. The number of benzene rings is 2. The van der Waals surface area contributed by atoms with E-state index in [2.05, 4.69) is 6.92 Å². The fraction of sp³-hybridized carbons (Fsp3) is 0.462. The zero-order chi connectivity index (χ0) is 23.1. The Morgan fingerprint density at radius 1 is 1.16 bits per heavy atom. The molecule has 0 spiro atoms. The number of ether oxygens (including phenoxy) is 3. The minimum atomic E-state index is -0.576. The van der Waals surface area contributed by atoms with Gasteiger partial charge in [0.1, 0.15) is 12.6 Å². The van der Waals surface area contributed by atoms with Crippen LogP contribution in [0.5, 0.6) is 11.5 Å². The predicted molar refractivity (Wildman–Crippen MR) is 123 cm³/mol. The van der Waals surface area contributed by atoms with E-state index >= 15 is 0 Å². The molecule has 6 nitrogen and oxygen atoms in total. The lowest BCUT2D eigenvalue weighted by molar-refractivity contribution is -0.135. The molecule has 2 aromatic rings. The summed E-state index contributed by atoms with van der Waals surface area (Å²) in [6.45, 7) is 6.91. The number of unbranched alkanes of at least 4 members (excludes halogenated alkanes) is 1. The number of imide groups is 1. The summed E-state index contributed by atoms with van der Waals surface area (Å²) in [7, 11) is 1.62. The average Bonchev–Trinajstić information content (AvgIpc) is 3.19. The Bertz CT molecular complexity index is 912. The van der Waals surface area contributed by atoms with Crippen molar-refractivity contribution in [3.8, 4) is 11.5 Å². The van der Waals surface area contributed by atoms with Gasteiger partial charge >= 0.3 is 6.09 Å². The third-order valence-corrected chi connectivity index (χ3v) is 5.86. The van der Waals surface area contributed by atoms with Gasteiger partial charge in [0, 0.05) is 5.92 Å². The van der Waals surface area contributed by atoms with Crippen molar-refractivity contribution in [3.05, 3.63) is 59.7 Å². The second kappa shape index (κ2) is 11.0. The fourth-order valence-corrected chi connectivity index (χ4v) is 3.91. The minimum Gasteiger partial charge on any atom is -0.493 e. The molecule has 2 amide bonds. The molecule has 3 rings (SSSR count). The zero-order valence-electron chi connectivity index (χ0n) is 19.4. The summed E-state index contributed by atoms with van der Waals surface area (Å²) in [6, 6.07) is 14.9. The van der Waals surface area contributed by atoms with Gasteiger partial charge in [-0.15, -0.1) is 0 Å². The largest absolute Gasteiger partial charge is 0.493 e. The molecule has 6 heteroatoms. The highest BCUT2D eigenvalue weighted by Crippen LogP contribution is 2.34. The third kappa shape index (κ3) is 5.42. The summed E-state index contributed by atoms with van der Waals surface area (Å²) in [5.41, 5.74) is 1.86. The molecule has 0 saturated carbocycles. The second-order valence-electron chi connectivity index (χ2n) is 8.45. The smallest absolute Gasteiger partial charge is 0.417 e. The lowest BCUT2D eigenvalue weighted by atomic mass is 9.87. The van der Waals surface area contributed by atoms with E-state index < -0.39 is 12.1 Å². The second-order valence-corrected chi connectivity index (χ2v) is 8.45. The van der Waals surface area contributed by atoms with Crippen molar-refractivity contribution >= 4 is 12.0 Å². The van der Waals surface area contributed by atoms with Crippen LogP contribution in [0, 0.1) is 11.8 Å². The van der Waals surface area contributed by atoms with Crippen LogP contribution in [0.4, 0.5) is 4.79 Å². The topological polar surface area (TPSA) is 65.1 Å². The molecule has 32 heavy (non-hydrogen) atoms. The molecule has 1 heterocycles. The Balaban J connectivity index is 1.82. The number of nitrogens with zero attached hydrogens (tertiary/aromatic N) is 1. The first-order chi connectivity index (χ1) is 15.5. The van der Waals surface area contributed by atoms with Crippen molar-refractivity contribution in [2.75, 3.05) is 20.3 Å². The molecular weight excluding hydrogens is 406 g/mol. The molecule has 1 fully saturated rings. The van der Waals surface area contributed by atoms with Gasteiger partial charge in [-0.2, -0.15) is 0 Å². The summed E-state index contributed by atoms with van der Waals surface area (Å²) in [6.07, 6.45) is 1.92. The molecule has 1 aliphatic rings. The van der Waals surface area contributed by atoms with Crippen molar-refractivity contribution in [1.29, 1.82) is 0 Å². The van der Waals surface area contributed by atoms with E-state index in [1.807, 2.05) is 62.4 Å². The molecule has 1 saturated heterocycles. The van der Waals surface area contributed by atoms with Crippen LogP contribution >= 0.6 is 0 Å². The summed E-state index contributed by atoms with van der Waals surface area (Å²) < 4.78 is 16.6. The summed E-state index contributed by atoms with van der Waals surface area (Å²) in [5.74, 6) is 0.809. The molecule has 0 N–H and O–H groups in total. The standard InChI is InChI=1S/C26H33NO5/c1-5-6-14-31-24-16-19(12-13-23(24)30-4)15-21(18(2)3)25(28)27-22(17-32-26(27)29)20-10-8-7-9-11-20/h7-13,16,18,21-22H,5-6,14-15,17H2,1-4H3. The Labute approximate surface area is 190 Å². The van der Waals surface area contributed by atoms with Gasteiger partial charge in [0.25, 0.3) is 0 Å². The molecule has 172 valence electrons. The van der Waals surface area contributed by atoms with Crippen LogP contribution in [0.25, 0.3) is 0 Å². The molecule has 0 bridgehead atoms. The normalized spacial score (nSPS) is 16.7. The number of methoxy groups -OCH3 is 1. The molecular formula is C26H33NO5. The number of rotatable bonds is 10. The van der Waals surface area contributed by atoms with Crippen LogP contribution in [0.2, 0.25) is 0 Å². The molecule has 0 aromatic heterocycles. The molecule has 2 unspecified atom stereocenters. The molecule has 2 atom stereocenters. The van der Waals surface area contributed by atoms with Crippen LogP contribution < -0.4 is 9.47 Å². The molecule has 2 aromatic carbocycles. The highest BCUT2D eigenvalue weighted by Gasteiger charge is 2.42. The van der Waals surface area contributed by atoms with E-state index in [0.29, 0.717) is 24.5 Å². The van der Waals surface area contributed by atoms with E-state index in [-0.39, 0.29) is 24.3 Å². The molecule has 0 aliphatic carbocycles.